The number of carbonyl (C=O) groups excluding carboxylic acids is 1. The van der Waals surface area contributed by atoms with Gasteiger partial charge < -0.3 is 19.5 Å². The predicted octanol–water partition coefficient (Wildman–Crippen LogP) is 3.63. The van der Waals surface area contributed by atoms with Crippen LogP contribution in [0.3, 0.4) is 0 Å². The molecule has 5 rings (SSSR count). The maximum atomic E-state index is 14.4. The van der Waals surface area contributed by atoms with E-state index in [1.165, 1.54) is 19.1 Å². The maximum Gasteiger partial charge on any atom is 0.275 e. The lowest BCUT2D eigenvalue weighted by molar-refractivity contribution is 0.0784. The highest BCUT2D eigenvalue weighted by Crippen LogP contribution is 2.35. The highest BCUT2D eigenvalue weighted by atomic mass is 19.1. The molecule has 4 aromatic rings. The van der Waals surface area contributed by atoms with E-state index in [2.05, 4.69) is 15.0 Å². The van der Waals surface area contributed by atoms with Gasteiger partial charge in [-0.25, -0.2) is 13.8 Å². The fourth-order valence-corrected chi connectivity index (χ4v) is 4.85. The molecule has 1 unspecified atom stereocenters. The van der Waals surface area contributed by atoms with Gasteiger partial charge in [0.25, 0.3) is 11.5 Å². The average Bonchev–Trinajstić information content (AvgIpc) is 3.42. The van der Waals surface area contributed by atoms with E-state index < -0.39 is 40.5 Å². The molecule has 1 saturated heterocycles. The van der Waals surface area contributed by atoms with Gasteiger partial charge in [-0.05, 0) is 37.6 Å². The van der Waals surface area contributed by atoms with E-state index in [4.69, 9.17) is 9.47 Å². The molecule has 0 radical (unpaired) electrons. The van der Waals surface area contributed by atoms with Crippen molar-refractivity contribution in [3.05, 3.63) is 87.6 Å². The van der Waals surface area contributed by atoms with Gasteiger partial charge in [-0.1, -0.05) is 12.1 Å². The van der Waals surface area contributed by atoms with Crippen molar-refractivity contribution in [3.63, 3.8) is 0 Å². The Morgan fingerprint density at radius 2 is 1.77 bits per heavy atom. The number of aromatic nitrogens is 4. The van der Waals surface area contributed by atoms with Crippen molar-refractivity contribution < 1.29 is 28.2 Å². The van der Waals surface area contributed by atoms with Gasteiger partial charge in [0.15, 0.2) is 11.4 Å². The van der Waals surface area contributed by atoms with E-state index in [1.807, 2.05) is 0 Å². The van der Waals surface area contributed by atoms with Crippen molar-refractivity contribution in [3.8, 4) is 34.6 Å². The largest absolute Gasteiger partial charge is 0.494 e. The second-order valence-electron chi connectivity index (χ2n) is 9.21. The summed E-state index contributed by atoms with van der Waals surface area (Å²) in [4.78, 5) is 41.6. The van der Waals surface area contributed by atoms with Gasteiger partial charge in [0, 0.05) is 30.8 Å². The second-order valence-corrected chi connectivity index (χ2v) is 9.21. The number of para-hydroxylation sites is 1. The third-order valence-corrected chi connectivity index (χ3v) is 6.72. The van der Waals surface area contributed by atoms with Crippen LogP contribution in [0.4, 0.5) is 8.78 Å². The molecule has 1 N–H and O–H groups in total. The zero-order chi connectivity index (χ0) is 28.6. The van der Waals surface area contributed by atoms with Gasteiger partial charge in [-0.3, -0.25) is 19.1 Å². The van der Waals surface area contributed by atoms with E-state index in [0.29, 0.717) is 12.1 Å². The Kier molecular flexibility index (Phi) is 7.16. The van der Waals surface area contributed by atoms with Crippen LogP contribution in [0.1, 0.15) is 34.1 Å². The van der Waals surface area contributed by atoms with Crippen LogP contribution in [0, 0.1) is 18.6 Å². The third kappa shape index (κ3) is 4.72. The van der Waals surface area contributed by atoms with Gasteiger partial charge >= 0.3 is 0 Å². The fraction of sp³-hybridized carbons (Fsp3) is 0.250. The zero-order valence-electron chi connectivity index (χ0n) is 21.9. The van der Waals surface area contributed by atoms with Crippen molar-refractivity contribution in [2.45, 2.75) is 19.3 Å². The fourth-order valence-electron chi connectivity index (χ4n) is 4.85. The SMILES string of the molecule is COc1cccc(OC)c1-n1c(-c2cccc(C)n2)nc(O)c(C(=O)N2CCC(c3ncc(F)cc3F)C2)c1=O. The Hall–Kier alpha value is -4.87. The smallest absolute Gasteiger partial charge is 0.275 e. The minimum atomic E-state index is -0.881. The Bertz CT molecular complexity index is 1650. The van der Waals surface area contributed by atoms with Crippen LogP contribution < -0.4 is 15.0 Å². The van der Waals surface area contributed by atoms with Gasteiger partial charge in [-0.2, -0.15) is 4.98 Å². The first-order valence-corrected chi connectivity index (χ1v) is 12.3. The van der Waals surface area contributed by atoms with E-state index in [9.17, 15) is 23.5 Å². The number of halogens is 2. The van der Waals surface area contributed by atoms with Gasteiger partial charge in [0.1, 0.15) is 34.5 Å². The molecule has 1 aromatic carbocycles. The summed E-state index contributed by atoms with van der Waals surface area (Å²) in [6, 6.07) is 10.7. The Morgan fingerprint density at radius 1 is 1.07 bits per heavy atom. The first-order valence-electron chi connectivity index (χ1n) is 12.3. The lowest BCUT2D eigenvalue weighted by Gasteiger charge is -2.21. The van der Waals surface area contributed by atoms with E-state index in [0.717, 1.165) is 16.8 Å². The van der Waals surface area contributed by atoms with Crippen LogP contribution in [0.5, 0.6) is 17.4 Å². The molecular formula is C28H25F2N5O5. The number of aryl methyl sites for hydroxylation is 1. The van der Waals surface area contributed by atoms with Crippen LogP contribution in [-0.2, 0) is 0 Å². The third-order valence-electron chi connectivity index (χ3n) is 6.72. The Labute approximate surface area is 227 Å². The molecule has 0 spiro atoms. The molecule has 3 aromatic heterocycles. The monoisotopic (exact) mass is 549 g/mol. The minimum Gasteiger partial charge on any atom is -0.494 e. The standard InChI is InChI=1S/C28H25F2N5O5/c1-15-6-4-7-19(32-15)25-33-26(36)22(28(38)35(25)24-20(39-2)8-5-9-21(24)40-3)27(37)34-11-10-16(14-34)23-18(30)12-17(29)13-31-23/h4-9,12-13,16,36H,10-11,14H2,1-3H3. The normalized spacial score (nSPS) is 14.8. The number of nitrogens with zero attached hydrogens (tertiary/aromatic N) is 5. The van der Waals surface area contributed by atoms with Gasteiger partial charge in [0.05, 0.1) is 26.1 Å². The number of carbonyl (C=O) groups is 1. The number of hydrogen-bond acceptors (Lipinski definition) is 8. The lowest BCUT2D eigenvalue weighted by atomic mass is 10.0. The predicted molar refractivity (Wildman–Crippen MR) is 140 cm³/mol. The van der Waals surface area contributed by atoms with Gasteiger partial charge in [-0.15, -0.1) is 0 Å². The molecule has 0 saturated carbocycles. The maximum absolute atomic E-state index is 14.4. The zero-order valence-corrected chi connectivity index (χ0v) is 21.9. The first kappa shape index (κ1) is 26.7. The van der Waals surface area contributed by atoms with Crippen LogP contribution in [0.25, 0.3) is 17.2 Å². The summed E-state index contributed by atoms with van der Waals surface area (Å²) in [6.07, 6.45) is 1.24. The van der Waals surface area contributed by atoms with Crippen LogP contribution in [-0.4, -0.2) is 62.7 Å². The number of likely N-dealkylation sites (tertiary alicyclic amines) is 1. The number of benzene rings is 1. The summed E-state index contributed by atoms with van der Waals surface area (Å²) in [5.74, 6) is -3.27. The lowest BCUT2D eigenvalue weighted by Crippen LogP contribution is -2.36. The number of hydrogen-bond donors (Lipinski definition) is 1. The molecule has 0 aliphatic carbocycles. The summed E-state index contributed by atoms with van der Waals surface area (Å²) in [5.41, 5.74) is -0.385. The molecule has 10 nitrogen and oxygen atoms in total. The molecule has 206 valence electrons. The molecule has 12 heteroatoms. The Morgan fingerprint density at radius 3 is 2.42 bits per heavy atom. The van der Waals surface area contributed by atoms with E-state index >= 15 is 0 Å². The van der Waals surface area contributed by atoms with E-state index in [-0.39, 0.29) is 47.5 Å². The summed E-state index contributed by atoms with van der Waals surface area (Å²) in [5, 5.41) is 10.9. The number of pyridine rings is 2. The summed E-state index contributed by atoms with van der Waals surface area (Å²) < 4.78 is 39.9. The number of aromatic hydroxyl groups is 1. The number of amides is 1. The highest BCUT2D eigenvalue weighted by Gasteiger charge is 2.35. The molecule has 40 heavy (non-hydrogen) atoms. The number of rotatable bonds is 6. The van der Waals surface area contributed by atoms with E-state index in [1.54, 1.807) is 43.3 Å². The molecule has 0 bridgehead atoms. The molecule has 1 aliphatic heterocycles. The minimum absolute atomic E-state index is 0.00638. The molecule has 1 amide bonds. The number of ether oxygens (including phenoxy) is 2. The van der Waals surface area contributed by atoms with Gasteiger partial charge in [0.2, 0.25) is 5.88 Å². The topological polar surface area (TPSA) is 120 Å². The van der Waals surface area contributed by atoms with Crippen molar-refractivity contribution in [2.75, 3.05) is 27.3 Å². The Balaban J connectivity index is 1.65. The molecule has 1 fully saturated rings. The average molecular weight is 550 g/mol. The van der Waals surface area contributed by atoms with Crippen LogP contribution >= 0.6 is 0 Å². The first-order chi connectivity index (χ1) is 19.2. The molecule has 1 aliphatic rings. The van der Waals surface area contributed by atoms with Crippen molar-refractivity contribution in [1.82, 2.24) is 24.4 Å². The molecule has 4 heterocycles. The summed E-state index contributed by atoms with van der Waals surface area (Å²) >= 11 is 0. The molecular weight excluding hydrogens is 524 g/mol. The molecule has 1 atom stereocenters. The van der Waals surface area contributed by atoms with Crippen LogP contribution in [0.15, 0.2) is 53.5 Å². The van der Waals surface area contributed by atoms with Crippen molar-refractivity contribution in [1.29, 1.82) is 0 Å². The highest BCUT2D eigenvalue weighted by molar-refractivity contribution is 5.96. The quantitative estimate of drug-likeness (QED) is 0.387. The summed E-state index contributed by atoms with van der Waals surface area (Å²) in [6.45, 7) is 1.92. The number of methoxy groups -OCH3 is 2. The van der Waals surface area contributed by atoms with Crippen LogP contribution in [0.2, 0.25) is 0 Å². The van der Waals surface area contributed by atoms with Crippen molar-refractivity contribution >= 4 is 5.91 Å². The summed E-state index contributed by atoms with van der Waals surface area (Å²) in [7, 11) is 2.83. The van der Waals surface area contributed by atoms with Crippen molar-refractivity contribution in [2.24, 2.45) is 0 Å². The second kappa shape index (κ2) is 10.7.